The van der Waals surface area contributed by atoms with Gasteiger partial charge in [-0.05, 0) is 49.2 Å². The number of carbonyl (C=O) groups excluding carboxylic acids is 3. The second-order valence-electron chi connectivity index (χ2n) is 8.09. The molecule has 2 amide bonds. The van der Waals surface area contributed by atoms with Gasteiger partial charge in [-0.15, -0.1) is 11.8 Å². The molecule has 1 heterocycles. The van der Waals surface area contributed by atoms with Crippen molar-refractivity contribution in [3.05, 3.63) is 83.9 Å². The number of ether oxygens (including phenoxy) is 2. The van der Waals surface area contributed by atoms with E-state index < -0.39 is 5.97 Å². The number of benzene rings is 3. The number of rotatable bonds is 8. The maximum Gasteiger partial charge on any atom is 0.339 e. The summed E-state index contributed by atoms with van der Waals surface area (Å²) in [6, 6.07) is 21.7. The van der Waals surface area contributed by atoms with Gasteiger partial charge in [-0.25, -0.2) is 4.79 Å². The number of esters is 1. The van der Waals surface area contributed by atoms with Crippen molar-refractivity contribution in [3.63, 3.8) is 0 Å². The Morgan fingerprint density at radius 3 is 2.63 bits per heavy atom. The molecule has 1 unspecified atom stereocenters. The third kappa shape index (κ3) is 5.84. The molecule has 0 aromatic heterocycles. The number of methoxy groups -OCH3 is 1. The van der Waals surface area contributed by atoms with Crippen molar-refractivity contribution in [1.82, 2.24) is 0 Å². The zero-order valence-electron chi connectivity index (χ0n) is 19.5. The van der Waals surface area contributed by atoms with Crippen LogP contribution in [0.2, 0.25) is 0 Å². The van der Waals surface area contributed by atoms with Gasteiger partial charge in [0.15, 0.2) is 6.61 Å². The number of anilines is 2. The number of hydrogen-bond donors (Lipinski definition) is 1. The lowest BCUT2D eigenvalue weighted by molar-refractivity contribution is -0.122. The summed E-state index contributed by atoms with van der Waals surface area (Å²) in [5, 5.41) is 2.81. The molecular formula is C27H26N2O5S. The quantitative estimate of drug-likeness (QED) is 0.368. The highest BCUT2D eigenvalue weighted by Crippen LogP contribution is 2.32. The monoisotopic (exact) mass is 490 g/mol. The van der Waals surface area contributed by atoms with Crippen LogP contribution < -0.4 is 15.0 Å². The predicted molar refractivity (Wildman–Crippen MR) is 136 cm³/mol. The van der Waals surface area contributed by atoms with Crippen LogP contribution in [0.25, 0.3) is 0 Å². The molecule has 1 aliphatic rings. The van der Waals surface area contributed by atoms with Crippen LogP contribution in [-0.4, -0.2) is 43.3 Å². The van der Waals surface area contributed by atoms with Gasteiger partial charge in [0, 0.05) is 28.4 Å². The fourth-order valence-corrected chi connectivity index (χ4v) is 4.86. The highest BCUT2D eigenvalue weighted by Gasteiger charge is 2.31. The minimum absolute atomic E-state index is 0.00420. The van der Waals surface area contributed by atoms with Gasteiger partial charge in [0.1, 0.15) is 5.75 Å². The molecule has 7 nitrogen and oxygen atoms in total. The summed E-state index contributed by atoms with van der Waals surface area (Å²) < 4.78 is 10.5. The summed E-state index contributed by atoms with van der Waals surface area (Å²) in [5.41, 5.74) is 2.90. The van der Waals surface area contributed by atoms with Crippen LogP contribution in [0.4, 0.5) is 11.4 Å². The standard InChI is InChI=1S/C27H26N2O5S/c1-18-14-19-8-3-5-12-23(19)29(18)26(31)16-34-27(32)22-11-4-6-13-24(22)35-17-25(30)28-20-9-7-10-21(15-20)33-2/h3-13,15,18H,14,16-17H2,1-2H3,(H,28,30). The Labute approximate surface area is 208 Å². The molecule has 0 aliphatic carbocycles. The minimum Gasteiger partial charge on any atom is -0.497 e. The number of hydrogen-bond acceptors (Lipinski definition) is 6. The average Bonchev–Trinajstić information content (AvgIpc) is 3.21. The minimum atomic E-state index is -0.602. The second-order valence-corrected chi connectivity index (χ2v) is 9.10. The number of para-hydroxylation sites is 1. The highest BCUT2D eigenvalue weighted by molar-refractivity contribution is 8.00. The van der Waals surface area contributed by atoms with Gasteiger partial charge >= 0.3 is 5.97 Å². The lowest BCUT2D eigenvalue weighted by atomic mass is 10.1. The molecule has 0 saturated heterocycles. The molecule has 3 aromatic carbocycles. The second kappa shape index (κ2) is 11.1. The van der Waals surface area contributed by atoms with Crippen molar-refractivity contribution in [2.24, 2.45) is 0 Å². The van der Waals surface area contributed by atoms with E-state index in [-0.39, 0.29) is 30.2 Å². The van der Waals surface area contributed by atoms with Gasteiger partial charge in [0.25, 0.3) is 5.91 Å². The SMILES string of the molecule is COc1cccc(NC(=O)CSc2ccccc2C(=O)OCC(=O)N2c3ccccc3CC2C)c1. The normalized spacial score (nSPS) is 14.2. The van der Waals surface area contributed by atoms with Crippen molar-refractivity contribution >= 4 is 40.9 Å². The van der Waals surface area contributed by atoms with Crippen LogP contribution in [0.15, 0.2) is 77.7 Å². The Morgan fingerprint density at radius 2 is 1.80 bits per heavy atom. The molecule has 180 valence electrons. The first kappa shape index (κ1) is 24.3. The molecule has 0 spiro atoms. The number of carbonyl (C=O) groups is 3. The maximum absolute atomic E-state index is 12.9. The van der Waals surface area contributed by atoms with Crippen molar-refractivity contribution in [2.75, 3.05) is 29.7 Å². The van der Waals surface area contributed by atoms with Crippen molar-refractivity contribution in [1.29, 1.82) is 0 Å². The van der Waals surface area contributed by atoms with E-state index in [1.807, 2.05) is 31.2 Å². The number of thioether (sulfide) groups is 1. The Kier molecular flexibility index (Phi) is 7.72. The van der Waals surface area contributed by atoms with Gasteiger partial charge in [-0.3, -0.25) is 9.59 Å². The molecule has 1 N–H and O–H groups in total. The summed E-state index contributed by atoms with van der Waals surface area (Å²) >= 11 is 1.22. The highest BCUT2D eigenvalue weighted by atomic mass is 32.2. The van der Waals surface area contributed by atoms with Crippen molar-refractivity contribution < 1.29 is 23.9 Å². The van der Waals surface area contributed by atoms with Gasteiger partial charge in [0.2, 0.25) is 5.91 Å². The molecule has 1 atom stereocenters. The van der Waals surface area contributed by atoms with E-state index in [0.717, 1.165) is 17.7 Å². The van der Waals surface area contributed by atoms with E-state index >= 15 is 0 Å². The first-order valence-corrected chi connectivity index (χ1v) is 12.2. The van der Waals surface area contributed by atoms with Crippen LogP contribution >= 0.6 is 11.8 Å². The summed E-state index contributed by atoms with van der Waals surface area (Å²) in [4.78, 5) is 40.4. The molecule has 35 heavy (non-hydrogen) atoms. The first-order chi connectivity index (χ1) is 17.0. The van der Waals surface area contributed by atoms with E-state index in [4.69, 9.17) is 9.47 Å². The largest absolute Gasteiger partial charge is 0.497 e. The molecule has 4 rings (SSSR count). The molecule has 0 fully saturated rings. The maximum atomic E-state index is 12.9. The van der Waals surface area contributed by atoms with Crippen LogP contribution in [-0.2, 0) is 20.7 Å². The third-order valence-electron chi connectivity index (χ3n) is 5.62. The molecule has 0 bridgehead atoms. The summed E-state index contributed by atoms with van der Waals surface area (Å²) in [6.45, 7) is 1.62. The van der Waals surface area contributed by atoms with E-state index in [0.29, 0.717) is 21.9 Å². The topological polar surface area (TPSA) is 84.9 Å². The lowest BCUT2D eigenvalue weighted by Gasteiger charge is -2.22. The van der Waals surface area contributed by atoms with E-state index in [2.05, 4.69) is 5.32 Å². The molecule has 0 saturated carbocycles. The van der Waals surface area contributed by atoms with Crippen molar-refractivity contribution in [3.8, 4) is 5.75 Å². The summed E-state index contributed by atoms with van der Waals surface area (Å²) in [6.07, 6.45) is 0.771. The number of fused-ring (bicyclic) bond motifs is 1. The average molecular weight is 491 g/mol. The lowest BCUT2D eigenvalue weighted by Crippen LogP contribution is -2.38. The number of nitrogens with one attached hydrogen (secondary N) is 1. The van der Waals surface area contributed by atoms with Crippen LogP contribution in [0.5, 0.6) is 5.75 Å². The predicted octanol–water partition coefficient (Wildman–Crippen LogP) is 4.56. The fraction of sp³-hybridized carbons (Fsp3) is 0.222. The summed E-state index contributed by atoms with van der Waals surface area (Å²) in [5.74, 6) is -0.343. The Hall–Kier alpha value is -3.78. The van der Waals surface area contributed by atoms with Gasteiger partial charge < -0.3 is 19.7 Å². The number of amides is 2. The fourth-order valence-electron chi connectivity index (χ4n) is 4.02. The van der Waals surface area contributed by atoms with Gasteiger partial charge in [-0.2, -0.15) is 0 Å². The molecule has 1 aliphatic heterocycles. The first-order valence-electron chi connectivity index (χ1n) is 11.2. The van der Waals surface area contributed by atoms with E-state index in [9.17, 15) is 14.4 Å². The zero-order chi connectivity index (χ0) is 24.8. The zero-order valence-corrected chi connectivity index (χ0v) is 20.3. The Morgan fingerprint density at radius 1 is 1.03 bits per heavy atom. The molecule has 8 heteroatoms. The smallest absolute Gasteiger partial charge is 0.339 e. The Bertz CT molecular complexity index is 1250. The van der Waals surface area contributed by atoms with Crippen LogP contribution in [0, 0.1) is 0 Å². The molecule has 0 radical (unpaired) electrons. The Balaban J connectivity index is 1.35. The molecular weight excluding hydrogens is 464 g/mol. The van der Waals surface area contributed by atoms with Crippen molar-refractivity contribution in [2.45, 2.75) is 24.3 Å². The van der Waals surface area contributed by atoms with Gasteiger partial charge in [0.05, 0.1) is 18.4 Å². The van der Waals surface area contributed by atoms with Crippen LogP contribution in [0.3, 0.4) is 0 Å². The van der Waals surface area contributed by atoms with E-state index in [1.165, 1.54) is 11.8 Å². The molecule has 3 aromatic rings. The summed E-state index contributed by atoms with van der Waals surface area (Å²) in [7, 11) is 1.56. The number of nitrogens with zero attached hydrogens (tertiary/aromatic N) is 1. The van der Waals surface area contributed by atoms with E-state index in [1.54, 1.807) is 60.5 Å². The van der Waals surface area contributed by atoms with Gasteiger partial charge in [-0.1, -0.05) is 36.4 Å². The van der Waals surface area contributed by atoms with Crippen LogP contribution in [0.1, 0.15) is 22.8 Å². The third-order valence-corrected chi connectivity index (χ3v) is 6.70.